The minimum absolute atomic E-state index is 0.0995. The molecule has 1 amide bonds. The van der Waals surface area contributed by atoms with Crippen molar-refractivity contribution in [1.82, 2.24) is 5.32 Å². The number of hydrogen-bond donors (Lipinski definition) is 1. The predicted octanol–water partition coefficient (Wildman–Crippen LogP) is 3.47. The number of carbonyl (C=O) groups is 1. The van der Waals surface area contributed by atoms with Gasteiger partial charge in [-0.1, -0.05) is 42.5 Å². The SMILES string of the molecule is CC(C)OC(=O)NCc1cccc2ccccc12. The third-order valence-corrected chi connectivity index (χ3v) is 2.65. The van der Waals surface area contributed by atoms with Crippen LogP contribution in [0.2, 0.25) is 0 Å². The molecule has 0 heterocycles. The van der Waals surface area contributed by atoms with Crippen LogP contribution in [0.15, 0.2) is 42.5 Å². The van der Waals surface area contributed by atoms with Crippen LogP contribution < -0.4 is 5.32 Å². The first-order chi connectivity index (χ1) is 8.66. The molecule has 0 aliphatic heterocycles. The summed E-state index contributed by atoms with van der Waals surface area (Å²) in [6, 6.07) is 14.2. The van der Waals surface area contributed by atoms with Crippen LogP contribution in [0, 0.1) is 0 Å². The highest BCUT2D eigenvalue weighted by atomic mass is 16.6. The summed E-state index contributed by atoms with van der Waals surface area (Å²) in [6.07, 6.45) is -0.476. The number of amides is 1. The Labute approximate surface area is 107 Å². The summed E-state index contributed by atoms with van der Waals surface area (Å²) in [4.78, 5) is 11.4. The molecule has 0 radical (unpaired) electrons. The normalized spacial score (nSPS) is 10.6. The second-order valence-corrected chi connectivity index (χ2v) is 4.45. The summed E-state index contributed by atoms with van der Waals surface area (Å²) < 4.78 is 5.03. The maximum atomic E-state index is 11.4. The molecule has 0 saturated carbocycles. The van der Waals surface area contributed by atoms with Crippen LogP contribution in [0.25, 0.3) is 10.8 Å². The van der Waals surface area contributed by atoms with E-state index >= 15 is 0 Å². The van der Waals surface area contributed by atoms with E-state index in [2.05, 4.69) is 23.5 Å². The van der Waals surface area contributed by atoms with Crippen molar-refractivity contribution in [3.63, 3.8) is 0 Å². The van der Waals surface area contributed by atoms with Crippen molar-refractivity contribution in [3.05, 3.63) is 48.0 Å². The molecule has 0 aromatic heterocycles. The van der Waals surface area contributed by atoms with Gasteiger partial charge in [0.25, 0.3) is 0 Å². The van der Waals surface area contributed by atoms with E-state index in [4.69, 9.17) is 4.74 Å². The highest BCUT2D eigenvalue weighted by Gasteiger charge is 2.05. The van der Waals surface area contributed by atoms with Crippen molar-refractivity contribution in [3.8, 4) is 0 Å². The van der Waals surface area contributed by atoms with Crippen molar-refractivity contribution in [1.29, 1.82) is 0 Å². The predicted molar refractivity (Wildman–Crippen MR) is 72.4 cm³/mol. The molecule has 0 aliphatic rings. The van der Waals surface area contributed by atoms with E-state index in [0.29, 0.717) is 6.54 Å². The maximum absolute atomic E-state index is 11.4. The molecule has 0 saturated heterocycles. The molecular weight excluding hydrogens is 226 g/mol. The van der Waals surface area contributed by atoms with Crippen LogP contribution in [-0.4, -0.2) is 12.2 Å². The van der Waals surface area contributed by atoms with E-state index in [0.717, 1.165) is 10.9 Å². The number of nitrogens with one attached hydrogen (secondary N) is 1. The number of ether oxygens (including phenoxy) is 1. The summed E-state index contributed by atoms with van der Waals surface area (Å²) in [5.74, 6) is 0. The third-order valence-electron chi connectivity index (χ3n) is 2.65. The highest BCUT2D eigenvalue weighted by Crippen LogP contribution is 2.18. The van der Waals surface area contributed by atoms with Gasteiger partial charge < -0.3 is 10.1 Å². The monoisotopic (exact) mass is 243 g/mol. The van der Waals surface area contributed by atoms with Gasteiger partial charge in [0, 0.05) is 6.54 Å². The molecule has 0 bridgehead atoms. The van der Waals surface area contributed by atoms with Gasteiger partial charge in [-0.25, -0.2) is 4.79 Å². The van der Waals surface area contributed by atoms with Crippen molar-refractivity contribution >= 4 is 16.9 Å². The third kappa shape index (κ3) is 3.00. The van der Waals surface area contributed by atoms with E-state index < -0.39 is 0 Å². The van der Waals surface area contributed by atoms with Gasteiger partial charge >= 0.3 is 6.09 Å². The average Bonchev–Trinajstić information content (AvgIpc) is 2.35. The zero-order chi connectivity index (χ0) is 13.0. The number of carbonyl (C=O) groups excluding carboxylic acids is 1. The zero-order valence-electron chi connectivity index (χ0n) is 10.6. The van der Waals surface area contributed by atoms with Gasteiger partial charge in [0.05, 0.1) is 6.10 Å². The molecule has 0 aliphatic carbocycles. The fourth-order valence-electron chi connectivity index (χ4n) is 1.87. The van der Waals surface area contributed by atoms with Gasteiger partial charge in [-0.15, -0.1) is 0 Å². The van der Waals surface area contributed by atoms with Gasteiger partial charge in [0.15, 0.2) is 0 Å². The van der Waals surface area contributed by atoms with Gasteiger partial charge in [-0.2, -0.15) is 0 Å². The quantitative estimate of drug-likeness (QED) is 0.896. The molecule has 1 N–H and O–H groups in total. The standard InChI is InChI=1S/C15H17NO2/c1-11(2)18-15(17)16-10-13-8-5-7-12-6-3-4-9-14(12)13/h3-9,11H,10H2,1-2H3,(H,16,17). The molecular formula is C15H17NO2. The summed E-state index contributed by atoms with van der Waals surface area (Å²) in [6.45, 7) is 4.14. The first-order valence-electron chi connectivity index (χ1n) is 6.08. The lowest BCUT2D eigenvalue weighted by Gasteiger charge is -2.10. The van der Waals surface area contributed by atoms with Crippen LogP contribution in [0.1, 0.15) is 19.4 Å². The number of benzene rings is 2. The lowest BCUT2D eigenvalue weighted by Crippen LogP contribution is -2.26. The molecule has 94 valence electrons. The van der Waals surface area contributed by atoms with E-state index in [1.165, 1.54) is 5.39 Å². The van der Waals surface area contributed by atoms with Gasteiger partial charge in [0.1, 0.15) is 0 Å². The molecule has 0 atom stereocenters. The lowest BCUT2D eigenvalue weighted by atomic mass is 10.0. The Balaban J connectivity index is 2.10. The van der Waals surface area contributed by atoms with Gasteiger partial charge in [-0.05, 0) is 30.2 Å². The fourth-order valence-corrected chi connectivity index (χ4v) is 1.87. The van der Waals surface area contributed by atoms with E-state index in [-0.39, 0.29) is 12.2 Å². The molecule has 0 spiro atoms. The summed E-state index contributed by atoms with van der Waals surface area (Å²) in [5, 5.41) is 5.09. The Morgan fingerprint density at radius 3 is 2.67 bits per heavy atom. The summed E-state index contributed by atoms with van der Waals surface area (Å²) >= 11 is 0. The smallest absolute Gasteiger partial charge is 0.407 e. The molecule has 2 rings (SSSR count). The average molecular weight is 243 g/mol. The molecule has 2 aromatic carbocycles. The number of rotatable bonds is 3. The minimum Gasteiger partial charge on any atom is -0.447 e. The Bertz CT molecular complexity index is 544. The first kappa shape index (κ1) is 12.4. The molecule has 3 heteroatoms. The number of alkyl carbamates (subject to hydrolysis) is 1. The second kappa shape index (κ2) is 5.54. The summed E-state index contributed by atoms with van der Waals surface area (Å²) in [5.41, 5.74) is 1.09. The zero-order valence-corrected chi connectivity index (χ0v) is 10.6. The van der Waals surface area contributed by atoms with Gasteiger partial charge in [-0.3, -0.25) is 0 Å². The fraction of sp³-hybridized carbons (Fsp3) is 0.267. The maximum Gasteiger partial charge on any atom is 0.407 e. The lowest BCUT2D eigenvalue weighted by molar-refractivity contribution is 0.115. The van der Waals surface area contributed by atoms with Crippen molar-refractivity contribution in [2.24, 2.45) is 0 Å². The summed E-state index contributed by atoms with van der Waals surface area (Å²) in [7, 11) is 0. The van der Waals surface area contributed by atoms with Crippen LogP contribution in [0.4, 0.5) is 4.79 Å². The number of fused-ring (bicyclic) bond motifs is 1. The minimum atomic E-state index is -0.377. The van der Waals surface area contributed by atoms with Crippen molar-refractivity contribution in [2.45, 2.75) is 26.5 Å². The highest BCUT2D eigenvalue weighted by molar-refractivity contribution is 5.85. The Kier molecular flexibility index (Phi) is 3.82. The van der Waals surface area contributed by atoms with E-state index in [9.17, 15) is 4.79 Å². The molecule has 3 nitrogen and oxygen atoms in total. The van der Waals surface area contributed by atoms with E-state index in [1.54, 1.807) is 0 Å². The first-order valence-corrected chi connectivity index (χ1v) is 6.08. The second-order valence-electron chi connectivity index (χ2n) is 4.45. The number of hydrogen-bond acceptors (Lipinski definition) is 2. The van der Waals surface area contributed by atoms with Crippen molar-refractivity contribution in [2.75, 3.05) is 0 Å². The topological polar surface area (TPSA) is 38.3 Å². The largest absolute Gasteiger partial charge is 0.447 e. The molecule has 2 aromatic rings. The Hall–Kier alpha value is -2.03. The molecule has 0 unspecified atom stereocenters. The molecule has 18 heavy (non-hydrogen) atoms. The Morgan fingerprint density at radius 1 is 1.17 bits per heavy atom. The van der Waals surface area contributed by atoms with Crippen LogP contribution in [0.5, 0.6) is 0 Å². The van der Waals surface area contributed by atoms with Crippen LogP contribution in [0.3, 0.4) is 0 Å². The van der Waals surface area contributed by atoms with E-state index in [1.807, 2.05) is 38.1 Å². The van der Waals surface area contributed by atoms with Crippen LogP contribution in [-0.2, 0) is 11.3 Å². The van der Waals surface area contributed by atoms with Gasteiger partial charge in [0.2, 0.25) is 0 Å². The molecule has 0 fully saturated rings. The van der Waals surface area contributed by atoms with Crippen molar-refractivity contribution < 1.29 is 9.53 Å². The van der Waals surface area contributed by atoms with Crippen LogP contribution >= 0.6 is 0 Å². The Morgan fingerprint density at radius 2 is 1.89 bits per heavy atom.